The number of aromatic nitrogens is 1. The summed E-state index contributed by atoms with van der Waals surface area (Å²) in [6.45, 7) is 3.55. The Morgan fingerprint density at radius 2 is 2.20 bits per heavy atom. The molecule has 3 heterocycles. The maximum Gasteiger partial charge on any atom is 0.185 e. The summed E-state index contributed by atoms with van der Waals surface area (Å²) >= 11 is 1.81. The normalized spacial score (nSPS) is 26.4. The fourth-order valence-corrected chi connectivity index (χ4v) is 3.36. The predicted octanol–water partition coefficient (Wildman–Crippen LogP) is 2.17. The standard InChI is InChI=1S/C11H17N3S/c1-2-7-14(6-1)11-13-10(8-15-11)9-4-3-5-12-9/h8-9,12H,1-7H2. The summed E-state index contributed by atoms with van der Waals surface area (Å²) in [4.78, 5) is 7.18. The lowest BCUT2D eigenvalue weighted by atomic mass is 10.2. The van der Waals surface area contributed by atoms with Gasteiger partial charge in [-0.15, -0.1) is 11.3 Å². The molecule has 1 N–H and O–H groups in total. The highest BCUT2D eigenvalue weighted by Crippen LogP contribution is 2.29. The average Bonchev–Trinajstić information content (AvgIpc) is 3.02. The molecule has 0 radical (unpaired) electrons. The molecule has 0 saturated carbocycles. The third kappa shape index (κ3) is 1.88. The van der Waals surface area contributed by atoms with Gasteiger partial charge in [-0.3, -0.25) is 0 Å². The molecule has 2 saturated heterocycles. The summed E-state index contributed by atoms with van der Waals surface area (Å²) in [7, 11) is 0. The molecule has 0 amide bonds. The SMILES string of the molecule is c1sc(N2CCCC2)nc1C1CCCN1. The van der Waals surface area contributed by atoms with Crippen LogP contribution in [0.3, 0.4) is 0 Å². The monoisotopic (exact) mass is 223 g/mol. The van der Waals surface area contributed by atoms with E-state index in [-0.39, 0.29) is 0 Å². The molecule has 0 aliphatic carbocycles. The Kier molecular flexibility index (Phi) is 2.63. The molecule has 1 atom stereocenters. The van der Waals surface area contributed by atoms with Gasteiger partial charge < -0.3 is 10.2 Å². The molecule has 4 heteroatoms. The number of nitrogens with one attached hydrogen (secondary N) is 1. The van der Waals surface area contributed by atoms with Crippen molar-refractivity contribution in [3.05, 3.63) is 11.1 Å². The number of nitrogens with zero attached hydrogens (tertiary/aromatic N) is 2. The molecule has 1 unspecified atom stereocenters. The lowest BCUT2D eigenvalue weighted by Crippen LogP contribution is -2.18. The van der Waals surface area contributed by atoms with Gasteiger partial charge in [-0.2, -0.15) is 0 Å². The van der Waals surface area contributed by atoms with Crippen LogP contribution in [-0.4, -0.2) is 24.6 Å². The van der Waals surface area contributed by atoms with Crippen LogP contribution >= 0.6 is 11.3 Å². The van der Waals surface area contributed by atoms with Gasteiger partial charge in [-0.25, -0.2) is 4.98 Å². The van der Waals surface area contributed by atoms with Crippen molar-refractivity contribution < 1.29 is 0 Å². The molecular weight excluding hydrogens is 206 g/mol. The Labute approximate surface area is 94.5 Å². The Hall–Kier alpha value is -0.610. The Morgan fingerprint density at radius 1 is 1.33 bits per heavy atom. The molecule has 0 spiro atoms. The Bertz CT molecular complexity index is 294. The first-order valence-corrected chi connectivity index (χ1v) is 6.75. The Morgan fingerprint density at radius 3 is 2.93 bits per heavy atom. The average molecular weight is 223 g/mol. The van der Waals surface area contributed by atoms with Gasteiger partial charge in [-0.1, -0.05) is 0 Å². The number of thiazole rings is 1. The van der Waals surface area contributed by atoms with Gasteiger partial charge >= 0.3 is 0 Å². The van der Waals surface area contributed by atoms with Crippen LogP contribution < -0.4 is 10.2 Å². The summed E-state index contributed by atoms with van der Waals surface area (Å²) in [5.74, 6) is 0. The van der Waals surface area contributed by atoms with Gasteiger partial charge in [0.05, 0.1) is 11.7 Å². The third-order valence-electron chi connectivity index (χ3n) is 3.30. The van der Waals surface area contributed by atoms with E-state index in [0.29, 0.717) is 6.04 Å². The van der Waals surface area contributed by atoms with Crippen molar-refractivity contribution in [2.24, 2.45) is 0 Å². The van der Waals surface area contributed by atoms with Crippen LogP contribution in [-0.2, 0) is 0 Å². The highest BCUT2D eigenvalue weighted by Gasteiger charge is 2.21. The molecule has 0 bridgehead atoms. The van der Waals surface area contributed by atoms with Crippen molar-refractivity contribution in [2.75, 3.05) is 24.5 Å². The minimum absolute atomic E-state index is 0.526. The van der Waals surface area contributed by atoms with E-state index in [1.54, 1.807) is 0 Å². The van der Waals surface area contributed by atoms with E-state index in [9.17, 15) is 0 Å². The highest BCUT2D eigenvalue weighted by molar-refractivity contribution is 7.13. The largest absolute Gasteiger partial charge is 0.348 e. The van der Waals surface area contributed by atoms with Crippen LogP contribution in [0.2, 0.25) is 0 Å². The van der Waals surface area contributed by atoms with Crippen LogP contribution in [0.25, 0.3) is 0 Å². The van der Waals surface area contributed by atoms with Gasteiger partial charge in [0, 0.05) is 18.5 Å². The van der Waals surface area contributed by atoms with Gasteiger partial charge in [0.25, 0.3) is 0 Å². The molecule has 2 fully saturated rings. The molecular formula is C11H17N3S. The molecule has 1 aromatic rings. The Balaban J connectivity index is 1.74. The van der Waals surface area contributed by atoms with Crippen LogP contribution in [0.5, 0.6) is 0 Å². The summed E-state index contributed by atoms with van der Waals surface area (Å²) in [5.41, 5.74) is 1.26. The van der Waals surface area contributed by atoms with Crippen molar-refractivity contribution in [1.29, 1.82) is 0 Å². The zero-order valence-electron chi connectivity index (χ0n) is 8.91. The lowest BCUT2D eigenvalue weighted by molar-refractivity contribution is 0.631. The minimum atomic E-state index is 0.526. The van der Waals surface area contributed by atoms with Gasteiger partial charge in [0.15, 0.2) is 5.13 Å². The molecule has 0 aromatic carbocycles. The second-order valence-corrected chi connectivity index (χ2v) is 5.23. The van der Waals surface area contributed by atoms with Crippen molar-refractivity contribution in [2.45, 2.75) is 31.7 Å². The number of hydrogen-bond acceptors (Lipinski definition) is 4. The molecule has 2 aliphatic rings. The van der Waals surface area contributed by atoms with E-state index < -0.39 is 0 Å². The minimum Gasteiger partial charge on any atom is -0.348 e. The van der Waals surface area contributed by atoms with Crippen LogP contribution in [0.1, 0.15) is 37.4 Å². The molecule has 2 aliphatic heterocycles. The number of rotatable bonds is 2. The predicted molar refractivity (Wildman–Crippen MR) is 63.5 cm³/mol. The van der Waals surface area contributed by atoms with Crippen LogP contribution in [0, 0.1) is 0 Å². The fourth-order valence-electron chi connectivity index (χ4n) is 2.43. The number of anilines is 1. The molecule has 3 rings (SSSR count). The van der Waals surface area contributed by atoms with E-state index in [4.69, 9.17) is 4.98 Å². The zero-order valence-corrected chi connectivity index (χ0v) is 9.72. The van der Waals surface area contributed by atoms with Crippen LogP contribution in [0.15, 0.2) is 5.38 Å². The molecule has 15 heavy (non-hydrogen) atoms. The van der Waals surface area contributed by atoms with Crippen LogP contribution in [0.4, 0.5) is 5.13 Å². The van der Waals surface area contributed by atoms with E-state index in [0.717, 1.165) is 6.54 Å². The molecule has 1 aromatic heterocycles. The maximum absolute atomic E-state index is 4.76. The van der Waals surface area contributed by atoms with Crippen molar-refractivity contribution >= 4 is 16.5 Å². The van der Waals surface area contributed by atoms with Gasteiger partial charge in [0.1, 0.15) is 0 Å². The second-order valence-electron chi connectivity index (χ2n) is 4.40. The summed E-state index contributed by atoms with van der Waals surface area (Å²) in [6.07, 6.45) is 5.21. The number of hydrogen-bond donors (Lipinski definition) is 1. The molecule has 82 valence electrons. The van der Waals surface area contributed by atoms with E-state index in [1.165, 1.54) is 49.6 Å². The van der Waals surface area contributed by atoms with Crippen molar-refractivity contribution in [1.82, 2.24) is 10.3 Å². The first-order valence-electron chi connectivity index (χ1n) is 5.87. The lowest BCUT2D eigenvalue weighted by Gasteiger charge is -2.12. The quantitative estimate of drug-likeness (QED) is 0.833. The summed E-state index contributed by atoms with van der Waals surface area (Å²) in [5, 5.41) is 6.97. The second kappa shape index (κ2) is 4.10. The van der Waals surface area contributed by atoms with E-state index >= 15 is 0 Å². The summed E-state index contributed by atoms with van der Waals surface area (Å²) < 4.78 is 0. The van der Waals surface area contributed by atoms with Crippen molar-refractivity contribution in [3.63, 3.8) is 0 Å². The first-order chi connectivity index (χ1) is 7.43. The van der Waals surface area contributed by atoms with Gasteiger partial charge in [-0.05, 0) is 32.2 Å². The fraction of sp³-hybridized carbons (Fsp3) is 0.727. The first kappa shape index (κ1) is 9.60. The zero-order chi connectivity index (χ0) is 10.1. The molecule has 3 nitrogen and oxygen atoms in total. The maximum atomic E-state index is 4.76. The highest BCUT2D eigenvalue weighted by atomic mass is 32.1. The third-order valence-corrected chi connectivity index (χ3v) is 4.22. The smallest absolute Gasteiger partial charge is 0.185 e. The van der Waals surface area contributed by atoms with Crippen molar-refractivity contribution in [3.8, 4) is 0 Å². The van der Waals surface area contributed by atoms with Gasteiger partial charge in [0.2, 0.25) is 0 Å². The summed E-state index contributed by atoms with van der Waals surface area (Å²) in [6, 6.07) is 0.526. The van der Waals surface area contributed by atoms with E-state index in [2.05, 4.69) is 15.6 Å². The van der Waals surface area contributed by atoms with E-state index in [1.807, 2.05) is 11.3 Å². The topological polar surface area (TPSA) is 28.2 Å².